The molecule has 2 aromatic heterocycles. The van der Waals surface area contributed by atoms with Crippen LogP contribution >= 0.6 is 11.3 Å². The van der Waals surface area contributed by atoms with Crippen molar-refractivity contribution in [3.05, 3.63) is 10.9 Å². The minimum atomic E-state index is 0.326. The third-order valence-electron chi connectivity index (χ3n) is 3.29. The first-order chi connectivity index (χ1) is 9.93. The van der Waals surface area contributed by atoms with Crippen LogP contribution in [0.15, 0.2) is 6.07 Å². The number of aromatic nitrogens is 2. The number of aryl methyl sites for hydroxylation is 1. The second-order valence-electron chi connectivity index (χ2n) is 6.45. The highest BCUT2D eigenvalue weighted by molar-refractivity contribution is 7.18. The number of thiophene rings is 1. The van der Waals surface area contributed by atoms with Gasteiger partial charge in [-0.3, -0.25) is 0 Å². The van der Waals surface area contributed by atoms with E-state index in [1.165, 1.54) is 4.88 Å². The molecule has 0 amide bonds. The molecular formula is C16H26N4S. The summed E-state index contributed by atoms with van der Waals surface area (Å²) in [4.78, 5) is 11.7. The molecule has 0 saturated carbocycles. The van der Waals surface area contributed by atoms with Gasteiger partial charge >= 0.3 is 0 Å². The first kappa shape index (κ1) is 16.0. The zero-order valence-electron chi connectivity index (χ0n) is 13.7. The van der Waals surface area contributed by atoms with Crippen LogP contribution < -0.4 is 10.6 Å². The average Bonchev–Trinajstić information content (AvgIpc) is 2.81. The van der Waals surface area contributed by atoms with E-state index in [0.29, 0.717) is 11.4 Å². The lowest BCUT2D eigenvalue weighted by atomic mass is 9.92. The van der Waals surface area contributed by atoms with Crippen molar-refractivity contribution in [3.8, 4) is 0 Å². The van der Waals surface area contributed by atoms with E-state index < -0.39 is 0 Å². The molecule has 0 unspecified atom stereocenters. The number of fused-ring (bicyclic) bond motifs is 1. The number of nitrogens with zero attached hydrogens (tertiary/aromatic N) is 2. The number of anilines is 2. The Morgan fingerprint density at radius 2 is 1.90 bits per heavy atom. The quantitative estimate of drug-likeness (QED) is 0.823. The van der Waals surface area contributed by atoms with Gasteiger partial charge in [-0.15, -0.1) is 11.3 Å². The van der Waals surface area contributed by atoms with Gasteiger partial charge in [0.1, 0.15) is 10.6 Å². The van der Waals surface area contributed by atoms with Gasteiger partial charge < -0.3 is 10.6 Å². The summed E-state index contributed by atoms with van der Waals surface area (Å²) in [7, 11) is 0. The molecule has 0 fully saturated rings. The molecule has 116 valence electrons. The minimum Gasteiger partial charge on any atom is -0.369 e. The lowest BCUT2D eigenvalue weighted by Crippen LogP contribution is -2.14. The molecule has 0 bridgehead atoms. The molecule has 2 heterocycles. The summed E-state index contributed by atoms with van der Waals surface area (Å²) in [5.41, 5.74) is 0.326. The van der Waals surface area contributed by atoms with Crippen molar-refractivity contribution in [1.29, 1.82) is 0 Å². The fourth-order valence-electron chi connectivity index (χ4n) is 2.07. The molecule has 0 aromatic carbocycles. The minimum absolute atomic E-state index is 0.326. The standard InChI is InChI=1S/C16H26N4S/c1-6-11-10-12-13(18-9-8-16(3,4)5)19-15(17-7-2)20-14(12)21-11/h10H,6-9H2,1-5H3,(H2,17,18,19,20). The van der Waals surface area contributed by atoms with E-state index in [9.17, 15) is 0 Å². The lowest BCUT2D eigenvalue weighted by molar-refractivity contribution is 0.389. The molecule has 0 aliphatic carbocycles. The van der Waals surface area contributed by atoms with Crippen LogP contribution in [0, 0.1) is 5.41 Å². The van der Waals surface area contributed by atoms with Crippen molar-refractivity contribution in [2.75, 3.05) is 23.7 Å². The van der Waals surface area contributed by atoms with E-state index >= 15 is 0 Å². The first-order valence-electron chi connectivity index (χ1n) is 7.71. The van der Waals surface area contributed by atoms with Crippen molar-refractivity contribution < 1.29 is 0 Å². The first-order valence-corrected chi connectivity index (χ1v) is 8.52. The Hall–Kier alpha value is -1.36. The highest BCUT2D eigenvalue weighted by Gasteiger charge is 2.13. The number of rotatable bonds is 6. The molecule has 0 saturated heterocycles. The van der Waals surface area contributed by atoms with Gasteiger partial charge in [-0.1, -0.05) is 27.7 Å². The Morgan fingerprint density at radius 1 is 1.14 bits per heavy atom. The molecule has 2 N–H and O–H groups in total. The van der Waals surface area contributed by atoms with Gasteiger partial charge in [0, 0.05) is 18.0 Å². The Kier molecular flexibility index (Phi) is 5.04. The maximum absolute atomic E-state index is 4.63. The third kappa shape index (κ3) is 4.30. The van der Waals surface area contributed by atoms with Gasteiger partial charge in [0.25, 0.3) is 0 Å². The van der Waals surface area contributed by atoms with Crippen LogP contribution in [-0.2, 0) is 6.42 Å². The zero-order valence-corrected chi connectivity index (χ0v) is 14.5. The second kappa shape index (κ2) is 6.60. The zero-order chi connectivity index (χ0) is 15.5. The van der Waals surface area contributed by atoms with Gasteiger partial charge in [0.2, 0.25) is 5.95 Å². The van der Waals surface area contributed by atoms with Gasteiger partial charge in [0.15, 0.2) is 0 Å². The summed E-state index contributed by atoms with van der Waals surface area (Å²) < 4.78 is 0. The fraction of sp³-hybridized carbons (Fsp3) is 0.625. The molecule has 21 heavy (non-hydrogen) atoms. The van der Waals surface area contributed by atoms with E-state index in [1.54, 1.807) is 11.3 Å². The average molecular weight is 306 g/mol. The molecule has 0 aliphatic heterocycles. The summed E-state index contributed by atoms with van der Waals surface area (Å²) in [6.07, 6.45) is 2.15. The topological polar surface area (TPSA) is 49.8 Å². The lowest BCUT2D eigenvalue weighted by Gasteiger charge is -2.18. The summed E-state index contributed by atoms with van der Waals surface area (Å²) in [6.45, 7) is 12.8. The predicted molar refractivity (Wildman–Crippen MR) is 93.5 cm³/mol. The molecule has 0 aliphatic rings. The highest BCUT2D eigenvalue weighted by atomic mass is 32.1. The van der Waals surface area contributed by atoms with E-state index in [1.807, 2.05) is 0 Å². The normalized spacial score (nSPS) is 11.9. The summed E-state index contributed by atoms with van der Waals surface area (Å²) in [6, 6.07) is 2.22. The predicted octanol–water partition coefficient (Wildman–Crippen LogP) is 4.53. The molecular weight excluding hydrogens is 280 g/mol. The van der Waals surface area contributed by atoms with Crippen LogP contribution in [0.25, 0.3) is 10.2 Å². The van der Waals surface area contributed by atoms with Crippen molar-refractivity contribution >= 4 is 33.3 Å². The van der Waals surface area contributed by atoms with Crippen LogP contribution in [0.5, 0.6) is 0 Å². The highest BCUT2D eigenvalue weighted by Crippen LogP contribution is 2.30. The maximum atomic E-state index is 4.63. The summed E-state index contributed by atoms with van der Waals surface area (Å²) in [5, 5.41) is 7.86. The fourth-order valence-corrected chi connectivity index (χ4v) is 3.04. The van der Waals surface area contributed by atoms with Gasteiger partial charge in [-0.05, 0) is 31.2 Å². The monoisotopic (exact) mass is 306 g/mol. The molecule has 4 nitrogen and oxygen atoms in total. The van der Waals surface area contributed by atoms with Crippen LogP contribution in [0.2, 0.25) is 0 Å². The number of hydrogen-bond acceptors (Lipinski definition) is 5. The van der Waals surface area contributed by atoms with Crippen LogP contribution in [0.3, 0.4) is 0 Å². The van der Waals surface area contributed by atoms with E-state index in [0.717, 1.165) is 42.0 Å². The Balaban J connectivity index is 2.27. The Morgan fingerprint density at radius 3 is 2.52 bits per heavy atom. The largest absolute Gasteiger partial charge is 0.369 e. The van der Waals surface area contributed by atoms with E-state index in [4.69, 9.17) is 0 Å². The Bertz CT molecular complexity index is 598. The smallest absolute Gasteiger partial charge is 0.226 e. The van der Waals surface area contributed by atoms with Crippen LogP contribution in [0.1, 0.15) is 45.9 Å². The van der Waals surface area contributed by atoms with Crippen molar-refractivity contribution in [2.45, 2.75) is 47.5 Å². The number of nitrogens with one attached hydrogen (secondary N) is 2. The van der Waals surface area contributed by atoms with E-state index in [2.05, 4.69) is 61.3 Å². The van der Waals surface area contributed by atoms with Crippen molar-refractivity contribution in [2.24, 2.45) is 5.41 Å². The molecule has 2 rings (SSSR count). The Labute approximate surface area is 131 Å². The molecule has 0 atom stereocenters. The SMILES string of the molecule is CCNc1nc(NCCC(C)(C)C)c2cc(CC)sc2n1. The summed E-state index contributed by atoms with van der Waals surface area (Å²) in [5.74, 6) is 1.67. The maximum Gasteiger partial charge on any atom is 0.226 e. The summed E-state index contributed by atoms with van der Waals surface area (Å²) >= 11 is 1.76. The number of hydrogen-bond donors (Lipinski definition) is 2. The molecule has 0 radical (unpaired) electrons. The van der Waals surface area contributed by atoms with Crippen LogP contribution in [0.4, 0.5) is 11.8 Å². The van der Waals surface area contributed by atoms with Gasteiger partial charge in [-0.25, -0.2) is 4.98 Å². The third-order valence-corrected chi connectivity index (χ3v) is 4.47. The second-order valence-corrected chi connectivity index (χ2v) is 7.56. The molecule has 5 heteroatoms. The van der Waals surface area contributed by atoms with Gasteiger partial charge in [-0.2, -0.15) is 4.98 Å². The molecule has 0 spiro atoms. The van der Waals surface area contributed by atoms with Crippen LogP contribution in [-0.4, -0.2) is 23.1 Å². The van der Waals surface area contributed by atoms with Gasteiger partial charge in [0.05, 0.1) is 5.39 Å². The van der Waals surface area contributed by atoms with Crippen molar-refractivity contribution in [3.63, 3.8) is 0 Å². The molecule has 2 aromatic rings. The van der Waals surface area contributed by atoms with Crippen molar-refractivity contribution in [1.82, 2.24) is 9.97 Å². The van der Waals surface area contributed by atoms with E-state index in [-0.39, 0.29) is 0 Å².